The summed E-state index contributed by atoms with van der Waals surface area (Å²) in [5.41, 5.74) is 2.27. The highest BCUT2D eigenvalue weighted by atomic mass is 16.2. The minimum absolute atomic E-state index is 0.0384. The largest absolute Gasteiger partial charge is 0.350 e. The second-order valence-corrected chi connectivity index (χ2v) is 7.19. The topological polar surface area (TPSA) is 73.5 Å². The second kappa shape index (κ2) is 11.2. The quantitative estimate of drug-likeness (QED) is 0.599. The molecule has 0 spiro atoms. The first kappa shape index (κ1) is 22.4. The number of carbonyl (C=O) groups is 2. The third-order valence-electron chi connectivity index (χ3n) is 4.70. The van der Waals surface area contributed by atoms with E-state index in [2.05, 4.69) is 46.8 Å². The first-order valence-electron chi connectivity index (χ1n) is 10.2. The summed E-state index contributed by atoms with van der Waals surface area (Å²) in [6.07, 6.45) is 0. The van der Waals surface area contributed by atoms with E-state index in [0.29, 0.717) is 17.8 Å². The number of nitrogens with zero attached hydrogens (tertiary/aromatic N) is 1. The highest BCUT2D eigenvalue weighted by molar-refractivity contribution is 5.96. The van der Waals surface area contributed by atoms with Crippen LogP contribution < -0.4 is 16.0 Å². The monoisotopic (exact) mass is 396 g/mol. The molecule has 29 heavy (non-hydrogen) atoms. The molecule has 2 aromatic rings. The molecular weight excluding hydrogens is 364 g/mol. The van der Waals surface area contributed by atoms with E-state index in [0.717, 1.165) is 13.1 Å². The first-order chi connectivity index (χ1) is 13.9. The van der Waals surface area contributed by atoms with Crippen LogP contribution in [0.4, 0.5) is 10.5 Å². The van der Waals surface area contributed by atoms with Gasteiger partial charge in [-0.2, -0.15) is 0 Å². The third-order valence-corrected chi connectivity index (χ3v) is 4.70. The lowest BCUT2D eigenvalue weighted by Crippen LogP contribution is -2.38. The molecule has 6 heteroatoms. The minimum Gasteiger partial charge on any atom is -0.350 e. The van der Waals surface area contributed by atoms with Gasteiger partial charge >= 0.3 is 6.03 Å². The molecule has 0 aliphatic rings. The highest BCUT2D eigenvalue weighted by Crippen LogP contribution is 2.20. The Balaban J connectivity index is 2.06. The summed E-state index contributed by atoms with van der Waals surface area (Å²) < 4.78 is 0. The number of carbonyl (C=O) groups excluding carboxylic acids is 2. The van der Waals surface area contributed by atoms with Crippen LogP contribution in [-0.2, 0) is 0 Å². The Kier molecular flexibility index (Phi) is 8.68. The zero-order valence-corrected chi connectivity index (χ0v) is 17.7. The first-order valence-corrected chi connectivity index (χ1v) is 10.2. The number of anilines is 1. The minimum atomic E-state index is -0.289. The van der Waals surface area contributed by atoms with Crippen molar-refractivity contribution < 1.29 is 9.59 Å². The summed E-state index contributed by atoms with van der Waals surface area (Å²) in [5.74, 6) is -0.161. The summed E-state index contributed by atoms with van der Waals surface area (Å²) in [5, 5.41) is 8.58. The van der Waals surface area contributed by atoms with E-state index in [9.17, 15) is 9.59 Å². The van der Waals surface area contributed by atoms with E-state index in [1.54, 1.807) is 24.3 Å². The van der Waals surface area contributed by atoms with Crippen molar-refractivity contribution in [1.29, 1.82) is 0 Å². The molecule has 0 aliphatic heterocycles. The molecule has 1 atom stereocenters. The number of urea groups is 1. The lowest BCUT2D eigenvalue weighted by Gasteiger charge is -2.30. The Morgan fingerprint density at radius 1 is 0.966 bits per heavy atom. The Morgan fingerprint density at radius 3 is 2.28 bits per heavy atom. The van der Waals surface area contributed by atoms with Gasteiger partial charge < -0.3 is 16.0 Å². The summed E-state index contributed by atoms with van der Waals surface area (Å²) in [6, 6.07) is 17.0. The molecule has 0 saturated heterocycles. The number of likely N-dealkylation sites (N-methyl/N-ethyl adjacent to an activating group) is 1. The van der Waals surface area contributed by atoms with Gasteiger partial charge in [-0.25, -0.2) is 4.79 Å². The molecule has 0 fully saturated rings. The molecule has 3 amide bonds. The van der Waals surface area contributed by atoms with Gasteiger partial charge in [-0.3, -0.25) is 9.69 Å². The van der Waals surface area contributed by atoms with E-state index in [1.807, 2.05) is 32.0 Å². The van der Waals surface area contributed by atoms with Crippen molar-refractivity contribution in [1.82, 2.24) is 15.5 Å². The fraction of sp³-hybridized carbons (Fsp3) is 0.391. The van der Waals surface area contributed by atoms with Crippen molar-refractivity contribution in [3.8, 4) is 0 Å². The van der Waals surface area contributed by atoms with Gasteiger partial charge in [0, 0.05) is 23.8 Å². The van der Waals surface area contributed by atoms with Crippen LogP contribution in [0.25, 0.3) is 0 Å². The number of benzene rings is 2. The van der Waals surface area contributed by atoms with Crippen LogP contribution in [0.5, 0.6) is 0 Å². The summed E-state index contributed by atoms with van der Waals surface area (Å²) in [6.45, 7) is 10.3. The van der Waals surface area contributed by atoms with Crippen LogP contribution in [0.3, 0.4) is 0 Å². The van der Waals surface area contributed by atoms with Crippen molar-refractivity contribution in [2.24, 2.45) is 0 Å². The summed E-state index contributed by atoms with van der Waals surface area (Å²) in [4.78, 5) is 26.9. The highest BCUT2D eigenvalue weighted by Gasteiger charge is 2.19. The van der Waals surface area contributed by atoms with Gasteiger partial charge in [0.15, 0.2) is 0 Å². The van der Waals surface area contributed by atoms with Crippen LogP contribution >= 0.6 is 0 Å². The van der Waals surface area contributed by atoms with Gasteiger partial charge in [-0.1, -0.05) is 50.2 Å². The predicted molar refractivity (Wildman–Crippen MR) is 118 cm³/mol. The molecule has 0 bridgehead atoms. The van der Waals surface area contributed by atoms with E-state index in [4.69, 9.17) is 0 Å². The molecule has 1 unspecified atom stereocenters. The maximum Gasteiger partial charge on any atom is 0.319 e. The van der Waals surface area contributed by atoms with Crippen molar-refractivity contribution in [3.05, 3.63) is 65.7 Å². The number of nitrogens with one attached hydrogen (secondary N) is 3. The van der Waals surface area contributed by atoms with Gasteiger partial charge in [-0.15, -0.1) is 0 Å². The molecule has 0 saturated carbocycles. The zero-order chi connectivity index (χ0) is 21.2. The van der Waals surface area contributed by atoms with Crippen molar-refractivity contribution in [2.75, 3.05) is 25.0 Å². The van der Waals surface area contributed by atoms with Gasteiger partial charge in [0.2, 0.25) is 0 Å². The maximum atomic E-state index is 12.7. The zero-order valence-electron chi connectivity index (χ0n) is 17.7. The standard InChI is InChI=1S/C23H32N4O2/c1-5-27(6-2)21(18-11-8-7-9-12-18)16-24-22(28)19-13-10-14-20(15-19)26-23(29)25-17(3)4/h7-15,17,21H,5-6,16H2,1-4H3,(H,24,28)(H2,25,26,29). The Morgan fingerprint density at radius 2 is 1.66 bits per heavy atom. The molecule has 2 rings (SSSR count). The van der Waals surface area contributed by atoms with Gasteiger partial charge in [-0.05, 0) is 50.7 Å². The average molecular weight is 397 g/mol. The number of amides is 3. The van der Waals surface area contributed by atoms with E-state index in [-0.39, 0.29) is 24.0 Å². The number of hydrogen-bond donors (Lipinski definition) is 3. The van der Waals surface area contributed by atoms with Crippen LogP contribution in [0.1, 0.15) is 49.7 Å². The lowest BCUT2D eigenvalue weighted by atomic mass is 10.0. The van der Waals surface area contributed by atoms with E-state index < -0.39 is 0 Å². The smallest absolute Gasteiger partial charge is 0.319 e. The van der Waals surface area contributed by atoms with E-state index in [1.165, 1.54) is 5.56 Å². The van der Waals surface area contributed by atoms with E-state index >= 15 is 0 Å². The van der Waals surface area contributed by atoms with Crippen LogP contribution in [-0.4, -0.2) is 42.5 Å². The third kappa shape index (κ3) is 6.91. The Hall–Kier alpha value is -2.86. The fourth-order valence-corrected chi connectivity index (χ4v) is 3.26. The maximum absolute atomic E-state index is 12.7. The number of hydrogen-bond acceptors (Lipinski definition) is 3. The molecule has 3 N–H and O–H groups in total. The SMILES string of the molecule is CCN(CC)C(CNC(=O)c1cccc(NC(=O)NC(C)C)c1)c1ccccc1. The van der Waals surface area contributed by atoms with Crippen LogP contribution in [0.15, 0.2) is 54.6 Å². The number of rotatable bonds is 9. The normalized spacial score (nSPS) is 11.9. The molecule has 0 radical (unpaired) electrons. The molecule has 6 nitrogen and oxygen atoms in total. The molecule has 0 aliphatic carbocycles. The lowest BCUT2D eigenvalue weighted by molar-refractivity contribution is 0.0935. The van der Waals surface area contributed by atoms with Crippen molar-refractivity contribution in [3.63, 3.8) is 0 Å². The second-order valence-electron chi connectivity index (χ2n) is 7.19. The van der Waals surface area contributed by atoms with Crippen molar-refractivity contribution in [2.45, 2.75) is 39.8 Å². The molecule has 2 aromatic carbocycles. The Bertz CT molecular complexity index is 788. The summed E-state index contributed by atoms with van der Waals surface area (Å²) >= 11 is 0. The average Bonchev–Trinajstić information content (AvgIpc) is 2.71. The van der Waals surface area contributed by atoms with Gasteiger partial charge in [0.1, 0.15) is 0 Å². The van der Waals surface area contributed by atoms with Crippen molar-refractivity contribution >= 4 is 17.6 Å². The predicted octanol–water partition coefficient (Wildman–Crippen LogP) is 4.03. The Labute approximate surface area is 173 Å². The van der Waals surface area contributed by atoms with Gasteiger partial charge in [0.05, 0.1) is 6.04 Å². The fourth-order valence-electron chi connectivity index (χ4n) is 3.26. The molecule has 0 heterocycles. The summed E-state index contributed by atoms with van der Waals surface area (Å²) in [7, 11) is 0. The van der Waals surface area contributed by atoms with Crippen LogP contribution in [0.2, 0.25) is 0 Å². The molecule has 156 valence electrons. The molecule has 0 aromatic heterocycles. The molecular formula is C23H32N4O2. The van der Waals surface area contributed by atoms with Gasteiger partial charge in [0.25, 0.3) is 5.91 Å². The van der Waals surface area contributed by atoms with Crippen LogP contribution in [0, 0.1) is 0 Å².